The summed E-state index contributed by atoms with van der Waals surface area (Å²) >= 11 is 3.23. The Kier molecular flexibility index (Phi) is 9.02. The molecular formula is C28H41N5O4S2. The van der Waals surface area contributed by atoms with Crippen molar-refractivity contribution in [2.24, 2.45) is 5.41 Å². The first-order chi connectivity index (χ1) is 18.3. The molecule has 2 N–H and O–H groups in total. The number of hydrogen-bond acceptors (Lipinski definition) is 9. The molecule has 0 saturated carbocycles. The number of carbonyl (C=O) groups excluding carboxylic acids is 2. The van der Waals surface area contributed by atoms with Crippen LogP contribution in [0.3, 0.4) is 0 Å². The number of amides is 2. The van der Waals surface area contributed by atoms with E-state index in [4.69, 9.17) is 14.5 Å². The van der Waals surface area contributed by atoms with E-state index in [2.05, 4.69) is 35.7 Å². The number of likely N-dealkylation sites (tertiary alicyclic amines) is 1. The van der Waals surface area contributed by atoms with Crippen LogP contribution in [-0.4, -0.2) is 66.0 Å². The maximum atomic E-state index is 12.2. The standard InChI is InChI=1S/C28H41N5O4S2/c1-18(2)36-25(34)30-20-8-9-21(22(14-20)39-31-27(5,6)7)23-15-29-24(38-23)32-12-10-28(11-13-32)16-33(17-28)26(35)37-19(3)4/h8-9,14-15,18-19,31H,10-13,16-17H2,1-7H3,(H,30,34). The second-order valence-electron chi connectivity index (χ2n) is 12.0. The molecule has 9 nitrogen and oxygen atoms in total. The summed E-state index contributed by atoms with van der Waals surface area (Å²) in [6.45, 7) is 17.2. The number of ether oxygens (including phenoxy) is 2. The minimum absolute atomic E-state index is 0.0901. The van der Waals surface area contributed by atoms with Crippen LogP contribution < -0.4 is 14.9 Å². The zero-order valence-corrected chi connectivity index (χ0v) is 25.6. The van der Waals surface area contributed by atoms with Gasteiger partial charge in [-0.2, -0.15) is 0 Å². The number of aromatic nitrogens is 1. The van der Waals surface area contributed by atoms with Gasteiger partial charge in [-0.15, -0.1) is 0 Å². The summed E-state index contributed by atoms with van der Waals surface area (Å²) < 4.78 is 14.1. The van der Waals surface area contributed by atoms with E-state index in [-0.39, 0.29) is 29.3 Å². The fourth-order valence-corrected chi connectivity index (χ4v) is 6.61. The molecule has 1 aromatic heterocycles. The van der Waals surface area contributed by atoms with Crippen molar-refractivity contribution in [2.75, 3.05) is 36.4 Å². The van der Waals surface area contributed by atoms with E-state index >= 15 is 0 Å². The van der Waals surface area contributed by atoms with Crippen molar-refractivity contribution >= 4 is 46.3 Å². The van der Waals surface area contributed by atoms with Crippen LogP contribution in [0.5, 0.6) is 0 Å². The monoisotopic (exact) mass is 575 g/mol. The molecule has 2 aromatic rings. The van der Waals surface area contributed by atoms with Gasteiger partial charge in [-0.25, -0.2) is 14.6 Å². The van der Waals surface area contributed by atoms with Gasteiger partial charge in [0.05, 0.1) is 17.1 Å². The number of anilines is 2. The molecule has 11 heteroatoms. The Balaban J connectivity index is 1.42. The van der Waals surface area contributed by atoms with Crippen molar-refractivity contribution < 1.29 is 19.1 Å². The van der Waals surface area contributed by atoms with Crippen LogP contribution in [0.15, 0.2) is 29.3 Å². The van der Waals surface area contributed by atoms with Crippen LogP contribution in [0.2, 0.25) is 0 Å². The molecule has 0 bridgehead atoms. The van der Waals surface area contributed by atoms with E-state index < -0.39 is 6.09 Å². The number of nitrogens with one attached hydrogen (secondary N) is 2. The molecule has 2 fully saturated rings. The molecule has 0 atom stereocenters. The number of thiazole rings is 1. The predicted octanol–water partition coefficient (Wildman–Crippen LogP) is 6.61. The first kappa shape index (κ1) is 29.5. The predicted molar refractivity (Wildman–Crippen MR) is 159 cm³/mol. The molecule has 1 spiro atoms. The molecule has 39 heavy (non-hydrogen) atoms. The summed E-state index contributed by atoms with van der Waals surface area (Å²) in [5, 5.41) is 3.84. The van der Waals surface area contributed by atoms with Crippen LogP contribution in [0.4, 0.5) is 20.4 Å². The molecule has 0 radical (unpaired) electrons. The normalized spacial score (nSPS) is 16.9. The zero-order chi connectivity index (χ0) is 28.4. The van der Waals surface area contributed by atoms with Gasteiger partial charge in [-0.05, 0) is 85.4 Å². The molecule has 3 heterocycles. The largest absolute Gasteiger partial charge is 0.447 e. The van der Waals surface area contributed by atoms with Crippen molar-refractivity contribution in [1.82, 2.24) is 14.6 Å². The van der Waals surface area contributed by atoms with Gasteiger partial charge in [0.1, 0.15) is 0 Å². The Morgan fingerprint density at radius 3 is 2.36 bits per heavy atom. The molecule has 1 aromatic carbocycles. The van der Waals surface area contributed by atoms with Gasteiger partial charge < -0.3 is 19.3 Å². The highest BCUT2D eigenvalue weighted by molar-refractivity contribution is 7.97. The molecule has 0 unspecified atom stereocenters. The average Bonchev–Trinajstić information content (AvgIpc) is 3.30. The van der Waals surface area contributed by atoms with E-state index in [0.29, 0.717) is 5.69 Å². The lowest BCUT2D eigenvalue weighted by atomic mass is 9.72. The third kappa shape index (κ3) is 7.79. The smallest absolute Gasteiger partial charge is 0.411 e. The summed E-state index contributed by atoms with van der Waals surface area (Å²) in [5.74, 6) is 0. The molecule has 2 aliphatic heterocycles. The lowest BCUT2D eigenvalue weighted by Gasteiger charge is -2.53. The summed E-state index contributed by atoms with van der Waals surface area (Å²) in [6, 6.07) is 5.89. The van der Waals surface area contributed by atoms with Crippen molar-refractivity contribution in [3.05, 3.63) is 24.4 Å². The SMILES string of the molecule is CC(C)OC(=O)Nc1ccc(-c2cnc(N3CCC4(CC3)CN(C(=O)OC(C)C)C4)s2)c(SNC(C)(C)C)c1. The van der Waals surface area contributed by atoms with Gasteiger partial charge in [0.15, 0.2) is 5.13 Å². The second-order valence-corrected chi connectivity index (χ2v) is 13.9. The molecule has 0 aliphatic carbocycles. The van der Waals surface area contributed by atoms with Crippen LogP contribution >= 0.6 is 23.3 Å². The Morgan fingerprint density at radius 1 is 1.08 bits per heavy atom. The molecule has 2 saturated heterocycles. The van der Waals surface area contributed by atoms with E-state index in [1.165, 1.54) is 0 Å². The highest BCUT2D eigenvalue weighted by Gasteiger charge is 2.47. The third-order valence-corrected chi connectivity index (χ3v) is 8.90. The van der Waals surface area contributed by atoms with Gasteiger partial charge in [0, 0.05) is 59.5 Å². The zero-order valence-electron chi connectivity index (χ0n) is 24.0. The first-order valence-electron chi connectivity index (χ1n) is 13.5. The Morgan fingerprint density at radius 2 is 1.74 bits per heavy atom. The summed E-state index contributed by atoms with van der Waals surface area (Å²) in [4.78, 5) is 35.4. The van der Waals surface area contributed by atoms with Gasteiger partial charge in [-0.1, -0.05) is 17.4 Å². The van der Waals surface area contributed by atoms with Crippen molar-refractivity contribution in [3.63, 3.8) is 0 Å². The van der Waals surface area contributed by atoms with Gasteiger partial charge in [0.2, 0.25) is 0 Å². The number of nitrogens with zero attached hydrogens (tertiary/aromatic N) is 3. The van der Waals surface area contributed by atoms with E-state index in [0.717, 1.165) is 59.5 Å². The number of piperidine rings is 1. The number of carbonyl (C=O) groups is 2. The van der Waals surface area contributed by atoms with E-state index in [9.17, 15) is 9.59 Å². The lowest BCUT2D eigenvalue weighted by Crippen LogP contribution is -2.62. The van der Waals surface area contributed by atoms with E-state index in [1.807, 2.05) is 57.0 Å². The van der Waals surface area contributed by atoms with Gasteiger partial charge in [0.25, 0.3) is 0 Å². The molecule has 2 aliphatic rings. The van der Waals surface area contributed by atoms with Crippen LogP contribution in [-0.2, 0) is 9.47 Å². The number of benzene rings is 1. The van der Waals surface area contributed by atoms with Crippen molar-refractivity contribution in [3.8, 4) is 10.4 Å². The minimum Gasteiger partial charge on any atom is -0.447 e. The topological polar surface area (TPSA) is 96.0 Å². The fraction of sp³-hybridized carbons (Fsp3) is 0.607. The summed E-state index contributed by atoms with van der Waals surface area (Å²) in [6.07, 6.45) is 3.07. The molecule has 4 rings (SSSR count). The Bertz CT molecular complexity index is 1160. The highest BCUT2D eigenvalue weighted by Crippen LogP contribution is 2.44. The minimum atomic E-state index is -0.466. The average molecular weight is 576 g/mol. The lowest BCUT2D eigenvalue weighted by molar-refractivity contribution is -0.0252. The second kappa shape index (κ2) is 11.9. The van der Waals surface area contributed by atoms with Gasteiger partial charge in [-0.3, -0.25) is 10.0 Å². The third-order valence-electron chi connectivity index (χ3n) is 6.54. The quantitative estimate of drug-likeness (QED) is 0.356. The Labute approximate surface area is 240 Å². The maximum Gasteiger partial charge on any atom is 0.411 e. The molecule has 2 amide bonds. The number of rotatable bonds is 7. The Hall–Kier alpha value is -2.50. The van der Waals surface area contributed by atoms with Crippen LogP contribution in [0, 0.1) is 5.41 Å². The summed E-state index contributed by atoms with van der Waals surface area (Å²) in [5.41, 5.74) is 1.86. The van der Waals surface area contributed by atoms with Crippen molar-refractivity contribution in [1.29, 1.82) is 0 Å². The van der Waals surface area contributed by atoms with Crippen LogP contribution in [0.25, 0.3) is 10.4 Å². The van der Waals surface area contributed by atoms with E-state index in [1.54, 1.807) is 23.3 Å². The molecular weight excluding hydrogens is 534 g/mol. The maximum absolute atomic E-state index is 12.2. The fourth-order valence-electron chi connectivity index (χ4n) is 4.65. The van der Waals surface area contributed by atoms with Crippen LogP contribution in [0.1, 0.15) is 61.3 Å². The van der Waals surface area contributed by atoms with Gasteiger partial charge >= 0.3 is 12.2 Å². The summed E-state index contributed by atoms with van der Waals surface area (Å²) in [7, 11) is 0. The van der Waals surface area contributed by atoms with Crippen molar-refractivity contribution in [2.45, 2.75) is 84.0 Å². The first-order valence-corrected chi connectivity index (χ1v) is 15.2. The highest BCUT2D eigenvalue weighted by atomic mass is 32.2. The number of hydrogen-bond donors (Lipinski definition) is 2. The molecule has 214 valence electrons.